The molecule has 0 fully saturated rings. The summed E-state index contributed by atoms with van der Waals surface area (Å²) in [6.45, 7) is 0. The molecule has 1 aliphatic carbocycles. The Kier molecular flexibility index (Phi) is 2.99. The number of hydrogen-bond donors (Lipinski definition) is 1. The molecule has 22 heavy (non-hydrogen) atoms. The molecule has 0 aromatic heterocycles. The van der Waals surface area contributed by atoms with E-state index in [0.717, 1.165) is 18.1 Å². The summed E-state index contributed by atoms with van der Waals surface area (Å²) in [6.07, 6.45) is 4.83. The Morgan fingerprint density at radius 2 is 1.86 bits per heavy atom. The van der Waals surface area contributed by atoms with Crippen molar-refractivity contribution < 1.29 is 13.2 Å². The molecule has 1 heterocycles. The maximum Gasteiger partial charge on any atom is 0.149 e. The molecule has 1 nitrogen and oxygen atoms in total. The van der Waals surface area contributed by atoms with Crippen molar-refractivity contribution in [3.63, 3.8) is 0 Å². The molecule has 4 rings (SSSR count). The van der Waals surface area contributed by atoms with Crippen LogP contribution in [-0.2, 0) is 0 Å². The molecular weight excluding hydrogens is 287 g/mol. The van der Waals surface area contributed by atoms with Crippen molar-refractivity contribution in [2.24, 2.45) is 5.92 Å². The van der Waals surface area contributed by atoms with Crippen LogP contribution in [0.15, 0.2) is 48.6 Å². The van der Waals surface area contributed by atoms with E-state index in [0.29, 0.717) is 11.3 Å². The van der Waals surface area contributed by atoms with Crippen LogP contribution in [0.3, 0.4) is 0 Å². The van der Waals surface area contributed by atoms with Crippen molar-refractivity contribution in [1.82, 2.24) is 0 Å². The number of nitrogens with one attached hydrogen (secondary N) is 1. The minimum Gasteiger partial charge on any atom is -0.375 e. The molecule has 0 saturated heterocycles. The van der Waals surface area contributed by atoms with E-state index < -0.39 is 11.6 Å². The summed E-state index contributed by atoms with van der Waals surface area (Å²) in [6, 6.07) is 8.43. The van der Waals surface area contributed by atoms with Gasteiger partial charge in [0, 0.05) is 12.0 Å². The molecule has 1 aliphatic heterocycles. The van der Waals surface area contributed by atoms with Crippen LogP contribution in [-0.4, -0.2) is 0 Å². The van der Waals surface area contributed by atoms with Gasteiger partial charge >= 0.3 is 0 Å². The quantitative estimate of drug-likeness (QED) is 0.736. The Bertz CT molecular complexity index is 769. The summed E-state index contributed by atoms with van der Waals surface area (Å²) in [4.78, 5) is 0. The van der Waals surface area contributed by atoms with Gasteiger partial charge in [-0.05, 0) is 41.7 Å². The van der Waals surface area contributed by atoms with Gasteiger partial charge in [0.15, 0.2) is 0 Å². The summed E-state index contributed by atoms with van der Waals surface area (Å²) < 4.78 is 41.2. The standard InChI is InChI=1S/C18H14F3N/c19-11-4-1-3-10(7-11)17-14-6-2-5-13(14)15-8-12(20)9-16(21)18(15)22-17/h1-5,7-9,13-14,17,22H,6H2. The molecule has 0 amide bonds. The Balaban J connectivity index is 1.84. The Labute approximate surface area is 126 Å². The lowest BCUT2D eigenvalue weighted by Gasteiger charge is -2.37. The van der Waals surface area contributed by atoms with Crippen molar-refractivity contribution in [3.05, 3.63) is 77.1 Å². The normalized spacial score (nSPS) is 25.5. The zero-order valence-corrected chi connectivity index (χ0v) is 11.7. The van der Waals surface area contributed by atoms with Crippen LogP contribution < -0.4 is 5.32 Å². The van der Waals surface area contributed by atoms with Crippen LogP contribution in [0.25, 0.3) is 0 Å². The fourth-order valence-corrected chi connectivity index (χ4v) is 3.65. The first-order valence-electron chi connectivity index (χ1n) is 7.31. The Morgan fingerprint density at radius 3 is 2.68 bits per heavy atom. The van der Waals surface area contributed by atoms with Crippen LogP contribution in [0, 0.1) is 23.4 Å². The first kappa shape index (κ1) is 13.4. The molecule has 0 saturated carbocycles. The van der Waals surface area contributed by atoms with Crippen molar-refractivity contribution in [2.45, 2.75) is 18.4 Å². The fraction of sp³-hybridized carbons (Fsp3) is 0.222. The fourth-order valence-electron chi connectivity index (χ4n) is 3.65. The highest BCUT2D eigenvalue weighted by Gasteiger charge is 2.39. The molecule has 2 aromatic carbocycles. The van der Waals surface area contributed by atoms with Gasteiger partial charge in [0.25, 0.3) is 0 Å². The molecule has 1 N–H and O–H groups in total. The Hall–Kier alpha value is -2.23. The van der Waals surface area contributed by atoms with E-state index in [2.05, 4.69) is 5.32 Å². The Morgan fingerprint density at radius 1 is 1.00 bits per heavy atom. The van der Waals surface area contributed by atoms with Crippen LogP contribution >= 0.6 is 0 Å². The average molecular weight is 301 g/mol. The second-order valence-corrected chi connectivity index (χ2v) is 5.88. The first-order chi connectivity index (χ1) is 10.6. The number of halogens is 3. The number of benzene rings is 2. The molecule has 2 aromatic rings. The maximum atomic E-state index is 14.2. The highest BCUT2D eigenvalue weighted by molar-refractivity contribution is 5.60. The smallest absolute Gasteiger partial charge is 0.149 e. The van der Waals surface area contributed by atoms with Crippen molar-refractivity contribution in [2.75, 3.05) is 5.32 Å². The third-order valence-electron chi connectivity index (χ3n) is 4.59. The van der Waals surface area contributed by atoms with E-state index in [4.69, 9.17) is 0 Å². The lowest BCUT2D eigenvalue weighted by Crippen LogP contribution is -2.30. The molecule has 112 valence electrons. The number of anilines is 1. The monoisotopic (exact) mass is 301 g/mol. The van der Waals surface area contributed by atoms with E-state index in [1.54, 1.807) is 6.07 Å². The SMILES string of the molecule is Fc1cccc(C2Nc3c(F)cc(F)cc3C3C=CCC32)c1. The van der Waals surface area contributed by atoms with E-state index in [1.165, 1.54) is 18.2 Å². The molecular formula is C18H14F3N. The van der Waals surface area contributed by atoms with Crippen LogP contribution in [0.5, 0.6) is 0 Å². The molecule has 4 heteroatoms. The predicted octanol–water partition coefficient (Wildman–Crippen LogP) is 4.93. The van der Waals surface area contributed by atoms with Gasteiger partial charge in [0.2, 0.25) is 0 Å². The molecule has 2 aliphatic rings. The van der Waals surface area contributed by atoms with Gasteiger partial charge in [-0.25, -0.2) is 13.2 Å². The zero-order valence-electron chi connectivity index (χ0n) is 11.7. The number of fused-ring (bicyclic) bond motifs is 3. The second kappa shape index (κ2) is 4.90. The van der Waals surface area contributed by atoms with Gasteiger partial charge < -0.3 is 5.32 Å². The molecule has 0 bridgehead atoms. The van der Waals surface area contributed by atoms with Gasteiger partial charge in [-0.2, -0.15) is 0 Å². The summed E-state index contributed by atoms with van der Waals surface area (Å²) in [5.74, 6) is -1.39. The topological polar surface area (TPSA) is 12.0 Å². The summed E-state index contributed by atoms with van der Waals surface area (Å²) in [5.41, 5.74) is 1.75. The largest absolute Gasteiger partial charge is 0.375 e. The molecule has 3 atom stereocenters. The van der Waals surface area contributed by atoms with Crippen molar-refractivity contribution in [3.8, 4) is 0 Å². The third kappa shape index (κ3) is 2.02. The summed E-state index contributed by atoms with van der Waals surface area (Å²) in [5, 5.41) is 3.16. The summed E-state index contributed by atoms with van der Waals surface area (Å²) in [7, 11) is 0. The zero-order chi connectivity index (χ0) is 15.3. The van der Waals surface area contributed by atoms with Gasteiger partial charge in [-0.1, -0.05) is 24.3 Å². The molecule has 3 unspecified atom stereocenters. The minimum absolute atomic E-state index is 0.0466. The molecule has 0 radical (unpaired) electrons. The van der Waals surface area contributed by atoms with Gasteiger partial charge in [-0.15, -0.1) is 0 Å². The van der Waals surface area contributed by atoms with Crippen molar-refractivity contribution in [1.29, 1.82) is 0 Å². The highest BCUT2D eigenvalue weighted by atomic mass is 19.1. The number of hydrogen-bond acceptors (Lipinski definition) is 1. The summed E-state index contributed by atoms with van der Waals surface area (Å²) >= 11 is 0. The van der Waals surface area contributed by atoms with Gasteiger partial charge in [-0.3, -0.25) is 0 Å². The van der Waals surface area contributed by atoms with Gasteiger partial charge in [0.1, 0.15) is 17.5 Å². The minimum atomic E-state index is -0.602. The van der Waals surface area contributed by atoms with E-state index >= 15 is 0 Å². The van der Waals surface area contributed by atoms with Crippen LogP contribution in [0.1, 0.15) is 29.5 Å². The van der Waals surface area contributed by atoms with E-state index in [9.17, 15) is 13.2 Å². The third-order valence-corrected chi connectivity index (χ3v) is 4.59. The predicted molar refractivity (Wildman–Crippen MR) is 79.1 cm³/mol. The lowest BCUT2D eigenvalue weighted by molar-refractivity contribution is 0.417. The lowest BCUT2D eigenvalue weighted by atomic mass is 9.77. The average Bonchev–Trinajstić information content (AvgIpc) is 2.96. The highest BCUT2D eigenvalue weighted by Crippen LogP contribution is 2.50. The first-order valence-corrected chi connectivity index (χ1v) is 7.31. The van der Waals surface area contributed by atoms with Crippen LogP contribution in [0.4, 0.5) is 18.9 Å². The van der Waals surface area contributed by atoms with E-state index in [1.807, 2.05) is 18.2 Å². The van der Waals surface area contributed by atoms with E-state index in [-0.39, 0.29) is 23.7 Å². The number of rotatable bonds is 1. The second-order valence-electron chi connectivity index (χ2n) is 5.88. The molecule has 0 spiro atoms. The number of allylic oxidation sites excluding steroid dienone is 2. The van der Waals surface area contributed by atoms with Crippen LogP contribution in [0.2, 0.25) is 0 Å². The maximum absolute atomic E-state index is 14.2. The van der Waals surface area contributed by atoms with Gasteiger partial charge in [0.05, 0.1) is 11.7 Å². The van der Waals surface area contributed by atoms with Crippen molar-refractivity contribution >= 4 is 5.69 Å².